The molecule has 2 heterocycles. The molecule has 0 aliphatic heterocycles. The van der Waals surface area contributed by atoms with E-state index in [2.05, 4.69) is 14.4 Å². The van der Waals surface area contributed by atoms with Crippen LogP contribution in [-0.2, 0) is 23.3 Å². The van der Waals surface area contributed by atoms with E-state index in [-0.39, 0.29) is 41.1 Å². The molecule has 2 aromatic carbocycles. The van der Waals surface area contributed by atoms with Gasteiger partial charge in [0.1, 0.15) is 0 Å². The molecule has 0 aliphatic rings. The van der Waals surface area contributed by atoms with Gasteiger partial charge in [0.15, 0.2) is 0 Å². The first-order valence-corrected chi connectivity index (χ1v) is 12.9. The SMILES string of the molecule is O=c1n(Cc2ccncc2NS(=O)(=O)NCc2ccccc2)cc(O)n1-c1ccc(SC(F)(F)F)cc1. The molecule has 4 aromatic rings. The lowest BCUT2D eigenvalue weighted by atomic mass is 10.2. The first-order chi connectivity index (χ1) is 17.5. The maximum absolute atomic E-state index is 13.0. The Hall–Kier alpha value is -3.75. The van der Waals surface area contributed by atoms with Crippen LogP contribution in [0.15, 0.2) is 88.9 Å². The molecule has 0 radical (unpaired) electrons. The van der Waals surface area contributed by atoms with E-state index in [1.165, 1.54) is 42.7 Å². The summed E-state index contributed by atoms with van der Waals surface area (Å²) in [6.45, 7) is -0.0668. The van der Waals surface area contributed by atoms with Crippen molar-refractivity contribution in [1.82, 2.24) is 18.8 Å². The molecule has 4 rings (SSSR count). The Morgan fingerprint density at radius 2 is 1.73 bits per heavy atom. The largest absolute Gasteiger partial charge is 0.493 e. The zero-order chi connectivity index (χ0) is 26.6. The van der Waals surface area contributed by atoms with E-state index in [4.69, 9.17) is 0 Å². The van der Waals surface area contributed by atoms with Gasteiger partial charge in [-0.25, -0.2) is 9.36 Å². The Kier molecular flexibility index (Phi) is 7.61. The van der Waals surface area contributed by atoms with Gasteiger partial charge < -0.3 is 5.11 Å². The summed E-state index contributed by atoms with van der Waals surface area (Å²) in [5, 5.41) is 10.4. The zero-order valence-corrected chi connectivity index (χ0v) is 20.5. The molecule has 0 spiro atoms. The lowest BCUT2D eigenvalue weighted by Crippen LogP contribution is -2.30. The average Bonchev–Trinajstić information content (AvgIpc) is 3.12. The molecule has 0 amide bonds. The number of rotatable bonds is 9. The summed E-state index contributed by atoms with van der Waals surface area (Å²) >= 11 is -0.294. The summed E-state index contributed by atoms with van der Waals surface area (Å²) in [6.07, 6.45) is 3.85. The summed E-state index contributed by atoms with van der Waals surface area (Å²) in [5.41, 5.74) is -3.71. The van der Waals surface area contributed by atoms with Crippen LogP contribution < -0.4 is 15.1 Å². The summed E-state index contributed by atoms with van der Waals surface area (Å²) in [7, 11) is -3.98. The first-order valence-electron chi connectivity index (χ1n) is 10.6. The molecule has 14 heteroatoms. The molecule has 9 nitrogen and oxygen atoms in total. The summed E-state index contributed by atoms with van der Waals surface area (Å²) in [4.78, 5) is 16.8. The van der Waals surface area contributed by atoms with E-state index >= 15 is 0 Å². The highest BCUT2D eigenvalue weighted by atomic mass is 32.2. The molecule has 0 aliphatic carbocycles. The summed E-state index contributed by atoms with van der Waals surface area (Å²) < 4.78 is 69.7. The van der Waals surface area contributed by atoms with E-state index in [0.717, 1.165) is 20.9 Å². The van der Waals surface area contributed by atoms with Gasteiger partial charge in [-0.15, -0.1) is 0 Å². The average molecular weight is 552 g/mol. The fourth-order valence-corrected chi connectivity index (χ4v) is 4.86. The van der Waals surface area contributed by atoms with Crippen LogP contribution in [0, 0.1) is 0 Å². The standard InChI is InChI=1S/C23H20F3N5O4S2/c24-23(25,26)36-19-8-6-18(7-9-19)31-21(32)15-30(22(31)33)14-17-10-11-27-13-20(17)29-37(34,35)28-12-16-4-2-1-3-5-16/h1-11,13,15,28-29,32H,12,14H2. The molecule has 0 bridgehead atoms. The quantitative estimate of drug-likeness (QED) is 0.272. The van der Waals surface area contributed by atoms with Gasteiger partial charge in [-0.2, -0.15) is 26.3 Å². The van der Waals surface area contributed by atoms with Gasteiger partial charge in [0.05, 0.1) is 30.3 Å². The Balaban J connectivity index is 1.53. The zero-order valence-electron chi connectivity index (χ0n) is 18.9. The smallest absolute Gasteiger partial charge is 0.446 e. The number of halogens is 3. The van der Waals surface area contributed by atoms with Crippen molar-refractivity contribution in [3.8, 4) is 11.6 Å². The number of benzene rings is 2. The van der Waals surface area contributed by atoms with Crippen molar-refractivity contribution >= 4 is 27.7 Å². The highest BCUT2D eigenvalue weighted by Gasteiger charge is 2.29. The van der Waals surface area contributed by atoms with Crippen molar-refractivity contribution in [3.05, 3.63) is 101 Å². The van der Waals surface area contributed by atoms with Crippen LogP contribution in [0.25, 0.3) is 5.69 Å². The van der Waals surface area contributed by atoms with Crippen molar-refractivity contribution in [2.75, 3.05) is 4.72 Å². The van der Waals surface area contributed by atoms with Crippen LogP contribution >= 0.6 is 11.8 Å². The minimum absolute atomic E-state index is 0.0578. The van der Waals surface area contributed by atoms with Gasteiger partial charge >= 0.3 is 11.2 Å². The van der Waals surface area contributed by atoms with Crippen molar-refractivity contribution in [2.24, 2.45) is 0 Å². The number of hydrogen-bond acceptors (Lipinski definition) is 6. The number of alkyl halides is 3. The number of nitrogens with one attached hydrogen (secondary N) is 2. The van der Waals surface area contributed by atoms with E-state index < -0.39 is 27.3 Å². The van der Waals surface area contributed by atoms with E-state index in [9.17, 15) is 31.5 Å². The Morgan fingerprint density at radius 3 is 2.41 bits per heavy atom. The third-order valence-corrected chi connectivity index (χ3v) is 6.82. The second-order valence-electron chi connectivity index (χ2n) is 7.72. The number of aromatic hydroxyl groups is 1. The lowest BCUT2D eigenvalue weighted by molar-refractivity contribution is -0.0328. The predicted octanol–water partition coefficient (Wildman–Crippen LogP) is 3.85. The molecule has 3 N–H and O–H groups in total. The van der Waals surface area contributed by atoms with Gasteiger partial charge in [0, 0.05) is 17.6 Å². The maximum Gasteiger partial charge on any atom is 0.446 e. The van der Waals surface area contributed by atoms with E-state index in [1.807, 2.05) is 6.07 Å². The topological polar surface area (TPSA) is 118 Å². The third-order valence-electron chi connectivity index (χ3n) is 5.07. The summed E-state index contributed by atoms with van der Waals surface area (Å²) in [6, 6.07) is 15.4. The Morgan fingerprint density at radius 1 is 1.03 bits per heavy atom. The highest BCUT2D eigenvalue weighted by Crippen LogP contribution is 2.37. The fourth-order valence-electron chi connectivity index (χ4n) is 3.42. The molecular formula is C23H20F3N5O4S2. The summed E-state index contributed by atoms with van der Waals surface area (Å²) in [5.74, 6) is -0.443. The van der Waals surface area contributed by atoms with Crippen LogP contribution in [0.4, 0.5) is 18.9 Å². The van der Waals surface area contributed by atoms with Crippen LogP contribution in [0.5, 0.6) is 5.88 Å². The van der Waals surface area contributed by atoms with Crippen molar-refractivity contribution < 1.29 is 26.7 Å². The van der Waals surface area contributed by atoms with Gasteiger partial charge in [-0.3, -0.25) is 14.3 Å². The monoisotopic (exact) mass is 551 g/mol. The van der Waals surface area contributed by atoms with Crippen LogP contribution in [0.3, 0.4) is 0 Å². The van der Waals surface area contributed by atoms with Crippen LogP contribution in [0.2, 0.25) is 0 Å². The highest BCUT2D eigenvalue weighted by molar-refractivity contribution is 8.00. The molecule has 0 atom stereocenters. The van der Waals surface area contributed by atoms with Gasteiger partial charge in [0.2, 0.25) is 5.88 Å². The molecule has 0 saturated heterocycles. The third kappa shape index (κ3) is 6.93. The minimum Gasteiger partial charge on any atom is -0.493 e. The van der Waals surface area contributed by atoms with Gasteiger partial charge in [-0.1, -0.05) is 30.3 Å². The number of hydrogen-bond donors (Lipinski definition) is 3. The normalized spacial score (nSPS) is 12.0. The minimum atomic E-state index is -4.45. The predicted molar refractivity (Wildman–Crippen MR) is 133 cm³/mol. The number of thioether (sulfide) groups is 1. The molecule has 37 heavy (non-hydrogen) atoms. The molecule has 194 valence electrons. The van der Waals surface area contributed by atoms with Crippen molar-refractivity contribution in [1.29, 1.82) is 0 Å². The number of imidazole rings is 1. The molecular weight excluding hydrogens is 531 g/mol. The Bertz CT molecular complexity index is 1540. The van der Waals surface area contributed by atoms with Crippen LogP contribution in [-0.4, -0.2) is 33.2 Å². The van der Waals surface area contributed by atoms with E-state index in [0.29, 0.717) is 5.56 Å². The number of nitrogens with zero attached hydrogens (tertiary/aromatic N) is 3. The number of anilines is 1. The molecule has 2 aromatic heterocycles. The van der Waals surface area contributed by atoms with Gasteiger partial charge in [-0.05, 0) is 53.2 Å². The number of aromatic nitrogens is 3. The molecule has 0 saturated carbocycles. The Labute approximate surface area is 213 Å². The second-order valence-corrected chi connectivity index (χ2v) is 10.4. The van der Waals surface area contributed by atoms with Crippen molar-refractivity contribution in [3.63, 3.8) is 0 Å². The lowest BCUT2D eigenvalue weighted by Gasteiger charge is -2.13. The van der Waals surface area contributed by atoms with Gasteiger partial charge in [0.25, 0.3) is 10.2 Å². The molecule has 0 unspecified atom stereocenters. The molecule has 0 fully saturated rings. The maximum atomic E-state index is 13.0. The fraction of sp³-hybridized carbons (Fsp3) is 0.130. The number of pyridine rings is 1. The van der Waals surface area contributed by atoms with Crippen LogP contribution in [0.1, 0.15) is 11.1 Å². The first kappa shape index (κ1) is 26.3. The van der Waals surface area contributed by atoms with Crippen molar-refractivity contribution in [2.45, 2.75) is 23.5 Å². The second kappa shape index (κ2) is 10.7. The van der Waals surface area contributed by atoms with E-state index in [1.54, 1.807) is 24.3 Å².